The van der Waals surface area contributed by atoms with Gasteiger partial charge in [0.25, 0.3) is 0 Å². The molecule has 386 valence electrons. The molecule has 0 radical (unpaired) electrons. The van der Waals surface area contributed by atoms with Gasteiger partial charge >= 0.3 is 0 Å². The summed E-state index contributed by atoms with van der Waals surface area (Å²) in [5.41, 5.74) is 0. The van der Waals surface area contributed by atoms with Crippen molar-refractivity contribution < 1.29 is 74.8 Å². The fraction of sp³-hybridized carbons (Fsp3) is 0.980. The van der Waals surface area contributed by atoms with Crippen molar-refractivity contribution in [2.75, 3.05) is 19.8 Å². The first kappa shape index (κ1) is 60.0. The Labute approximate surface area is 390 Å². The molecule has 0 aromatic carbocycles. The molecular formula is C49H95NO15. The molecule has 16 heteroatoms. The van der Waals surface area contributed by atoms with Crippen LogP contribution in [0.15, 0.2) is 0 Å². The maximum atomic E-state index is 13.3. The number of hydrogen-bond donors (Lipinski definition) is 11. The first-order valence-corrected chi connectivity index (χ1v) is 26.0. The predicted octanol–water partition coefficient (Wildman–Crippen LogP) is 4.55. The predicted molar refractivity (Wildman–Crippen MR) is 248 cm³/mol. The van der Waals surface area contributed by atoms with E-state index in [1.165, 1.54) is 116 Å². The number of amides is 1. The number of carbonyl (C=O) groups excluding carboxylic acids is 1. The van der Waals surface area contributed by atoms with Crippen LogP contribution in [0.25, 0.3) is 0 Å². The first-order chi connectivity index (χ1) is 31.4. The quantitative estimate of drug-likeness (QED) is 0.0376. The Hall–Kier alpha value is -1.09. The van der Waals surface area contributed by atoms with Gasteiger partial charge in [-0.1, -0.05) is 187 Å². The molecule has 1 amide bonds. The Kier molecular flexibility index (Phi) is 34.0. The normalized spacial score (nSPS) is 27.1. The van der Waals surface area contributed by atoms with Gasteiger partial charge in [0.2, 0.25) is 5.91 Å². The van der Waals surface area contributed by atoms with Crippen LogP contribution >= 0.6 is 0 Å². The zero-order chi connectivity index (χ0) is 47.8. The number of carbonyl (C=O) groups is 1. The van der Waals surface area contributed by atoms with Gasteiger partial charge in [0, 0.05) is 0 Å². The molecule has 0 bridgehead atoms. The second-order valence-electron chi connectivity index (χ2n) is 18.9. The summed E-state index contributed by atoms with van der Waals surface area (Å²) in [4.78, 5) is 13.3. The summed E-state index contributed by atoms with van der Waals surface area (Å²) >= 11 is 0. The van der Waals surface area contributed by atoms with E-state index in [-0.39, 0.29) is 12.8 Å². The second-order valence-corrected chi connectivity index (χ2v) is 18.9. The maximum Gasteiger partial charge on any atom is 0.249 e. The highest BCUT2D eigenvalue weighted by atomic mass is 16.7. The molecule has 16 nitrogen and oxygen atoms in total. The van der Waals surface area contributed by atoms with Crippen LogP contribution in [0.3, 0.4) is 0 Å². The number of aliphatic hydroxyl groups excluding tert-OH is 10. The summed E-state index contributed by atoms with van der Waals surface area (Å²) in [6.07, 6.45) is 11.4. The zero-order valence-electron chi connectivity index (χ0n) is 40.2. The van der Waals surface area contributed by atoms with Crippen molar-refractivity contribution in [3.8, 4) is 0 Å². The Morgan fingerprint density at radius 1 is 0.554 bits per heavy atom. The van der Waals surface area contributed by atoms with Crippen molar-refractivity contribution in [2.24, 2.45) is 0 Å². The van der Waals surface area contributed by atoms with E-state index >= 15 is 0 Å². The van der Waals surface area contributed by atoms with Gasteiger partial charge in [0.15, 0.2) is 12.6 Å². The smallest absolute Gasteiger partial charge is 0.249 e. The molecule has 65 heavy (non-hydrogen) atoms. The minimum Gasteiger partial charge on any atom is -0.394 e. The van der Waals surface area contributed by atoms with Crippen LogP contribution in [0.5, 0.6) is 0 Å². The number of unbranched alkanes of at least 4 members (excludes halogenated alkanes) is 25. The first-order valence-electron chi connectivity index (χ1n) is 26.0. The average molecular weight is 938 g/mol. The van der Waals surface area contributed by atoms with Crippen LogP contribution in [0.2, 0.25) is 0 Å². The lowest BCUT2D eigenvalue weighted by atomic mass is 9.98. The highest BCUT2D eigenvalue weighted by Gasteiger charge is 2.52. The second kappa shape index (κ2) is 36.8. The lowest BCUT2D eigenvalue weighted by Crippen LogP contribution is -2.62. The van der Waals surface area contributed by atoms with E-state index in [0.717, 1.165) is 44.9 Å². The standard InChI is InChI=1S/C49H95NO15/c1-3-5-7-9-11-13-15-16-17-18-19-21-23-25-27-29-31-37(54)47(61)50-35(40(56)36(53)30-28-26-24-22-20-14-12-10-8-6-4-2)34-62-48-44(60)46(41(57)39(33-52)63-48)65-49-43(59)42(58)45(64-49)38(55)32-51/h35-46,48-49,51-60H,3-34H2,1-2H3,(H,50,61)/t35-,36+,37+,38+,39+,40-,41-,42+,43+,44+,45-,46-,48-,49-/m0/s1. The minimum atomic E-state index is -1.82. The number of aliphatic hydroxyl groups is 10. The molecule has 2 aliphatic heterocycles. The van der Waals surface area contributed by atoms with Gasteiger partial charge in [-0.3, -0.25) is 4.79 Å². The molecule has 0 aromatic heterocycles. The summed E-state index contributed by atoms with van der Waals surface area (Å²) in [7, 11) is 0. The minimum absolute atomic E-state index is 0.203. The van der Waals surface area contributed by atoms with Crippen molar-refractivity contribution in [3.63, 3.8) is 0 Å². The van der Waals surface area contributed by atoms with Crippen LogP contribution in [-0.4, -0.2) is 163 Å². The summed E-state index contributed by atoms with van der Waals surface area (Å²) in [6.45, 7) is 2.36. The molecule has 0 aromatic rings. The summed E-state index contributed by atoms with van der Waals surface area (Å²) in [6, 6.07) is -1.28. The number of ether oxygens (including phenoxy) is 4. The van der Waals surface area contributed by atoms with Gasteiger partial charge in [-0.25, -0.2) is 0 Å². The molecule has 2 aliphatic rings. The third-order valence-corrected chi connectivity index (χ3v) is 13.2. The third-order valence-electron chi connectivity index (χ3n) is 13.2. The molecule has 2 fully saturated rings. The van der Waals surface area contributed by atoms with Gasteiger partial charge in [0.05, 0.1) is 32.0 Å². The van der Waals surface area contributed by atoms with E-state index in [9.17, 15) is 55.9 Å². The zero-order valence-corrected chi connectivity index (χ0v) is 40.2. The Balaban J connectivity index is 1.92. The van der Waals surface area contributed by atoms with Crippen molar-refractivity contribution >= 4 is 5.91 Å². The fourth-order valence-electron chi connectivity index (χ4n) is 8.89. The molecule has 2 saturated heterocycles. The maximum absolute atomic E-state index is 13.3. The van der Waals surface area contributed by atoms with Gasteiger partial charge in [-0.15, -0.1) is 0 Å². The van der Waals surface area contributed by atoms with Gasteiger partial charge < -0.3 is 75.3 Å². The topological polar surface area (TPSA) is 268 Å². The van der Waals surface area contributed by atoms with Crippen molar-refractivity contribution in [1.82, 2.24) is 5.32 Å². The molecule has 2 heterocycles. The molecule has 0 aliphatic carbocycles. The SMILES string of the molecule is CCCCCCCCCCCCCCCCCC[C@@H](O)C(=O)N[C@@H](CO[C@H]1O[C@H](CO)[C@H](O)[C@H](O[C@@H]2O[C@@H]([C@H](O)CO)[C@H](O)[C@H]2O)[C@H]1O)[C@H](O)[C@H](O)CCCCCCCCCCCCC. The molecule has 0 unspecified atom stereocenters. The van der Waals surface area contributed by atoms with Crippen LogP contribution in [-0.2, 0) is 23.7 Å². The monoisotopic (exact) mass is 938 g/mol. The van der Waals surface area contributed by atoms with Gasteiger partial charge in [-0.2, -0.15) is 0 Å². The number of nitrogens with one attached hydrogen (secondary N) is 1. The molecule has 14 atom stereocenters. The van der Waals surface area contributed by atoms with Gasteiger partial charge in [0.1, 0.15) is 61.0 Å². The lowest BCUT2D eigenvalue weighted by Gasteiger charge is -2.43. The van der Waals surface area contributed by atoms with E-state index < -0.39 is 111 Å². The Morgan fingerprint density at radius 3 is 1.45 bits per heavy atom. The molecule has 2 rings (SSSR count). The molecule has 0 spiro atoms. The van der Waals surface area contributed by atoms with E-state index in [0.29, 0.717) is 12.8 Å². The van der Waals surface area contributed by atoms with E-state index in [1.54, 1.807) is 0 Å². The summed E-state index contributed by atoms with van der Waals surface area (Å²) < 4.78 is 22.5. The molecule has 11 N–H and O–H groups in total. The number of hydrogen-bond acceptors (Lipinski definition) is 15. The fourth-order valence-corrected chi connectivity index (χ4v) is 8.89. The highest BCUT2D eigenvalue weighted by Crippen LogP contribution is 2.31. The molecule has 0 saturated carbocycles. The lowest BCUT2D eigenvalue weighted by molar-refractivity contribution is -0.332. The summed E-state index contributed by atoms with van der Waals surface area (Å²) in [5, 5.41) is 108. The van der Waals surface area contributed by atoms with E-state index in [1.807, 2.05) is 0 Å². The molecular weight excluding hydrogens is 843 g/mol. The largest absolute Gasteiger partial charge is 0.394 e. The van der Waals surface area contributed by atoms with Crippen molar-refractivity contribution in [2.45, 2.75) is 286 Å². The third kappa shape index (κ3) is 23.9. The van der Waals surface area contributed by atoms with E-state index in [4.69, 9.17) is 18.9 Å². The van der Waals surface area contributed by atoms with Crippen LogP contribution in [0.1, 0.15) is 200 Å². The van der Waals surface area contributed by atoms with Crippen LogP contribution in [0.4, 0.5) is 0 Å². The van der Waals surface area contributed by atoms with E-state index in [2.05, 4.69) is 19.2 Å². The van der Waals surface area contributed by atoms with Crippen LogP contribution < -0.4 is 5.32 Å². The van der Waals surface area contributed by atoms with Crippen molar-refractivity contribution in [1.29, 1.82) is 0 Å². The average Bonchev–Trinajstić information content (AvgIpc) is 3.59. The van der Waals surface area contributed by atoms with Crippen molar-refractivity contribution in [3.05, 3.63) is 0 Å². The Morgan fingerprint density at radius 2 is 1.00 bits per heavy atom. The number of rotatable bonds is 41. The summed E-state index contributed by atoms with van der Waals surface area (Å²) in [5.74, 6) is -0.763. The highest BCUT2D eigenvalue weighted by molar-refractivity contribution is 5.80. The Bertz CT molecular complexity index is 1140. The van der Waals surface area contributed by atoms with Crippen LogP contribution in [0, 0.1) is 0 Å². The van der Waals surface area contributed by atoms with Gasteiger partial charge in [-0.05, 0) is 12.8 Å².